The standard InChI is InChI=1S/C16H10O3/c17-15-12-9-5-4-8-11(12)13(14(15)16(18)19)10-6-2-1-3-7-10/h1-9H,(H,18,19). The van der Waals surface area contributed by atoms with Crippen molar-refractivity contribution in [1.29, 1.82) is 0 Å². The molecule has 3 heteroatoms. The van der Waals surface area contributed by atoms with Crippen LogP contribution in [0, 0.1) is 0 Å². The van der Waals surface area contributed by atoms with Gasteiger partial charge < -0.3 is 5.11 Å². The van der Waals surface area contributed by atoms with Gasteiger partial charge >= 0.3 is 5.97 Å². The molecule has 3 nitrogen and oxygen atoms in total. The molecule has 0 heterocycles. The predicted octanol–water partition coefficient (Wildman–Crippen LogP) is 2.77. The minimum Gasteiger partial charge on any atom is -0.478 e. The summed E-state index contributed by atoms with van der Waals surface area (Å²) in [4.78, 5) is 23.6. The molecule has 2 aromatic carbocycles. The van der Waals surface area contributed by atoms with Crippen molar-refractivity contribution in [3.63, 3.8) is 0 Å². The van der Waals surface area contributed by atoms with Crippen LogP contribution in [0.25, 0.3) is 5.57 Å². The smallest absolute Gasteiger partial charge is 0.340 e. The normalized spacial score (nSPS) is 13.6. The first kappa shape index (κ1) is 11.4. The Bertz CT molecular complexity index is 712. The van der Waals surface area contributed by atoms with Crippen molar-refractivity contribution < 1.29 is 14.7 Å². The van der Waals surface area contributed by atoms with Gasteiger partial charge in [0.05, 0.1) is 0 Å². The molecule has 1 aliphatic rings. The maximum absolute atomic E-state index is 12.2. The summed E-state index contributed by atoms with van der Waals surface area (Å²) in [5.41, 5.74) is 2.26. The fourth-order valence-electron chi connectivity index (χ4n) is 2.39. The third-order valence-electron chi connectivity index (χ3n) is 3.19. The lowest BCUT2D eigenvalue weighted by atomic mass is 9.98. The molecule has 3 rings (SSSR count). The molecule has 19 heavy (non-hydrogen) atoms. The van der Waals surface area contributed by atoms with Crippen LogP contribution in [0.3, 0.4) is 0 Å². The van der Waals surface area contributed by atoms with Gasteiger partial charge in [0.15, 0.2) is 0 Å². The molecular weight excluding hydrogens is 240 g/mol. The number of carboxylic acids is 1. The number of carbonyl (C=O) groups excluding carboxylic acids is 1. The summed E-state index contributed by atoms with van der Waals surface area (Å²) in [6.07, 6.45) is 0. The molecule has 92 valence electrons. The summed E-state index contributed by atoms with van der Waals surface area (Å²) < 4.78 is 0. The highest BCUT2D eigenvalue weighted by Gasteiger charge is 2.34. The average Bonchev–Trinajstić information content (AvgIpc) is 2.74. The zero-order valence-corrected chi connectivity index (χ0v) is 9.96. The van der Waals surface area contributed by atoms with Gasteiger partial charge in [0.25, 0.3) is 0 Å². The Kier molecular flexibility index (Phi) is 2.53. The molecule has 0 bridgehead atoms. The number of carbonyl (C=O) groups is 2. The fourth-order valence-corrected chi connectivity index (χ4v) is 2.39. The van der Waals surface area contributed by atoms with Gasteiger partial charge in [-0.25, -0.2) is 4.79 Å². The van der Waals surface area contributed by atoms with E-state index < -0.39 is 11.8 Å². The number of fused-ring (bicyclic) bond motifs is 1. The number of aliphatic carboxylic acids is 1. The van der Waals surface area contributed by atoms with Gasteiger partial charge in [0, 0.05) is 11.1 Å². The topological polar surface area (TPSA) is 54.4 Å². The molecule has 0 spiro atoms. The highest BCUT2D eigenvalue weighted by molar-refractivity contribution is 6.34. The van der Waals surface area contributed by atoms with Crippen molar-refractivity contribution in [2.75, 3.05) is 0 Å². The average molecular weight is 250 g/mol. The van der Waals surface area contributed by atoms with Crippen LogP contribution in [0.5, 0.6) is 0 Å². The Balaban J connectivity index is 2.33. The minimum atomic E-state index is -1.18. The van der Waals surface area contributed by atoms with Gasteiger partial charge in [-0.1, -0.05) is 54.6 Å². The predicted molar refractivity (Wildman–Crippen MR) is 70.9 cm³/mol. The third kappa shape index (κ3) is 1.67. The Labute approximate surface area is 109 Å². The van der Waals surface area contributed by atoms with Crippen LogP contribution in [0.2, 0.25) is 0 Å². The number of carboxylic acid groups (broad SMARTS) is 1. The van der Waals surface area contributed by atoms with E-state index in [0.717, 1.165) is 5.56 Å². The van der Waals surface area contributed by atoms with Crippen LogP contribution in [0.15, 0.2) is 60.2 Å². The molecule has 0 unspecified atom stereocenters. The SMILES string of the molecule is O=C(O)C1=C(c2ccccc2)c2ccccc2C1=O. The molecule has 1 N–H and O–H groups in total. The molecule has 2 aromatic rings. The summed E-state index contributed by atoms with van der Waals surface area (Å²) in [6.45, 7) is 0. The number of ketones is 1. The van der Waals surface area contributed by atoms with Gasteiger partial charge in [-0.05, 0) is 11.1 Å². The molecule has 0 saturated carbocycles. The van der Waals surface area contributed by atoms with Crippen LogP contribution >= 0.6 is 0 Å². The van der Waals surface area contributed by atoms with Crippen molar-refractivity contribution in [2.24, 2.45) is 0 Å². The lowest BCUT2D eigenvalue weighted by Crippen LogP contribution is -2.09. The lowest BCUT2D eigenvalue weighted by Gasteiger charge is -2.05. The summed E-state index contributed by atoms with van der Waals surface area (Å²) >= 11 is 0. The number of hydrogen-bond acceptors (Lipinski definition) is 2. The van der Waals surface area contributed by atoms with Crippen LogP contribution in [-0.2, 0) is 4.79 Å². The zero-order chi connectivity index (χ0) is 13.4. The molecule has 0 fully saturated rings. The van der Waals surface area contributed by atoms with E-state index in [1.165, 1.54) is 0 Å². The maximum Gasteiger partial charge on any atom is 0.340 e. The monoisotopic (exact) mass is 250 g/mol. The van der Waals surface area contributed by atoms with Crippen LogP contribution in [0.4, 0.5) is 0 Å². The van der Waals surface area contributed by atoms with Crippen LogP contribution < -0.4 is 0 Å². The van der Waals surface area contributed by atoms with Gasteiger partial charge in [0.1, 0.15) is 5.57 Å². The zero-order valence-electron chi connectivity index (χ0n) is 9.96. The van der Waals surface area contributed by atoms with E-state index in [1.807, 2.05) is 30.3 Å². The molecule has 1 aliphatic carbocycles. The minimum absolute atomic E-state index is 0.146. The second kappa shape index (κ2) is 4.21. The third-order valence-corrected chi connectivity index (χ3v) is 3.19. The van der Waals surface area contributed by atoms with E-state index in [2.05, 4.69) is 0 Å². The fraction of sp³-hybridized carbons (Fsp3) is 0. The van der Waals surface area contributed by atoms with Crippen LogP contribution in [0.1, 0.15) is 21.5 Å². The summed E-state index contributed by atoms with van der Waals surface area (Å²) in [6, 6.07) is 16.1. The molecule has 0 amide bonds. The van der Waals surface area contributed by atoms with E-state index in [0.29, 0.717) is 16.7 Å². The molecular formula is C16H10O3. The molecule has 0 aromatic heterocycles. The van der Waals surface area contributed by atoms with E-state index in [4.69, 9.17) is 0 Å². The first-order chi connectivity index (χ1) is 9.20. The van der Waals surface area contributed by atoms with E-state index >= 15 is 0 Å². The van der Waals surface area contributed by atoms with Crippen molar-refractivity contribution in [2.45, 2.75) is 0 Å². The first-order valence-electron chi connectivity index (χ1n) is 5.87. The Morgan fingerprint density at radius 2 is 1.42 bits per heavy atom. The quantitative estimate of drug-likeness (QED) is 0.834. The molecule has 0 saturated heterocycles. The van der Waals surface area contributed by atoms with Gasteiger partial charge in [0.2, 0.25) is 5.78 Å². The van der Waals surface area contributed by atoms with E-state index in [-0.39, 0.29) is 5.57 Å². The second-order valence-corrected chi connectivity index (χ2v) is 4.30. The van der Waals surface area contributed by atoms with Crippen molar-refractivity contribution >= 4 is 17.3 Å². The molecule has 0 aliphatic heterocycles. The largest absolute Gasteiger partial charge is 0.478 e. The van der Waals surface area contributed by atoms with Crippen LogP contribution in [-0.4, -0.2) is 16.9 Å². The summed E-state index contributed by atoms with van der Waals surface area (Å²) in [5.74, 6) is -1.60. The van der Waals surface area contributed by atoms with Gasteiger partial charge in [-0.2, -0.15) is 0 Å². The first-order valence-corrected chi connectivity index (χ1v) is 5.87. The number of benzene rings is 2. The molecule has 0 atom stereocenters. The molecule has 0 radical (unpaired) electrons. The van der Waals surface area contributed by atoms with Crippen molar-refractivity contribution in [1.82, 2.24) is 0 Å². The van der Waals surface area contributed by atoms with E-state index in [1.54, 1.807) is 24.3 Å². The van der Waals surface area contributed by atoms with Crippen molar-refractivity contribution in [3.05, 3.63) is 76.9 Å². The van der Waals surface area contributed by atoms with E-state index in [9.17, 15) is 14.7 Å². The Hall–Kier alpha value is -2.68. The highest BCUT2D eigenvalue weighted by atomic mass is 16.4. The van der Waals surface area contributed by atoms with Gasteiger partial charge in [-0.3, -0.25) is 4.79 Å². The maximum atomic E-state index is 12.2. The van der Waals surface area contributed by atoms with Crippen molar-refractivity contribution in [3.8, 4) is 0 Å². The number of Topliss-reactive ketones (excluding diaryl/α,β-unsaturated/α-hetero) is 1. The lowest BCUT2D eigenvalue weighted by molar-refractivity contribution is -0.132. The highest BCUT2D eigenvalue weighted by Crippen LogP contribution is 2.37. The Morgan fingerprint density at radius 3 is 2.05 bits per heavy atom. The number of hydrogen-bond donors (Lipinski definition) is 1. The summed E-state index contributed by atoms with van der Waals surface area (Å²) in [7, 11) is 0. The number of rotatable bonds is 2. The summed E-state index contributed by atoms with van der Waals surface area (Å²) in [5, 5.41) is 9.31. The Morgan fingerprint density at radius 1 is 0.842 bits per heavy atom. The van der Waals surface area contributed by atoms with Gasteiger partial charge in [-0.15, -0.1) is 0 Å². The second-order valence-electron chi connectivity index (χ2n) is 4.30.